The molecule has 0 aliphatic rings. The van der Waals surface area contributed by atoms with Gasteiger partial charge in [-0.05, 0) is 25.5 Å². The maximum atomic E-state index is 12.0. The number of rotatable bonds is 3. The quantitative estimate of drug-likeness (QED) is 0.778. The lowest BCUT2D eigenvalue weighted by atomic mass is 10.2. The van der Waals surface area contributed by atoms with Crippen LogP contribution in [0.15, 0.2) is 18.2 Å². The Bertz CT molecular complexity index is 334. The van der Waals surface area contributed by atoms with E-state index < -0.39 is 6.36 Å². The average molecular weight is 220 g/mol. The number of benzene rings is 1. The first kappa shape index (κ1) is 11.7. The Morgan fingerprint density at radius 2 is 1.93 bits per heavy atom. The van der Waals surface area contributed by atoms with E-state index >= 15 is 0 Å². The number of halogens is 3. The topological polar surface area (TPSA) is 18.5 Å². The van der Waals surface area contributed by atoms with Crippen LogP contribution in [-0.4, -0.2) is 13.0 Å². The fourth-order valence-corrected chi connectivity index (χ4v) is 1.07. The molecular formula is C10H11F3O2. The van der Waals surface area contributed by atoms with Crippen molar-refractivity contribution in [3.8, 4) is 11.5 Å². The van der Waals surface area contributed by atoms with Crippen molar-refractivity contribution in [1.29, 1.82) is 0 Å². The van der Waals surface area contributed by atoms with Crippen molar-refractivity contribution >= 4 is 0 Å². The molecule has 1 rings (SSSR count). The maximum Gasteiger partial charge on any atom is 0.573 e. The van der Waals surface area contributed by atoms with Gasteiger partial charge in [-0.25, -0.2) is 0 Å². The molecule has 0 radical (unpaired) electrons. The second kappa shape index (κ2) is 4.42. The van der Waals surface area contributed by atoms with Gasteiger partial charge in [0, 0.05) is 6.07 Å². The first-order chi connectivity index (χ1) is 6.92. The number of aryl methyl sites for hydroxylation is 1. The number of hydrogen-bond donors (Lipinski definition) is 0. The average Bonchev–Trinajstić information content (AvgIpc) is 2.09. The normalized spacial score (nSPS) is 11.3. The molecule has 84 valence electrons. The van der Waals surface area contributed by atoms with Crippen molar-refractivity contribution < 1.29 is 22.6 Å². The summed E-state index contributed by atoms with van der Waals surface area (Å²) >= 11 is 0. The Morgan fingerprint density at radius 1 is 1.27 bits per heavy atom. The summed E-state index contributed by atoms with van der Waals surface area (Å²) in [5, 5.41) is 0. The zero-order chi connectivity index (χ0) is 11.5. The monoisotopic (exact) mass is 220 g/mol. The van der Waals surface area contributed by atoms with E-state index in [1.54, 1.807) is 13.0 Å². The fraction of sp³-hybridized carbons (Fsp3) is 0.400. The van der Waals surface area contributed by atoms with Crippen LogP contribution in [0.2, 0.25) is 0 Å². The van der Waals surface area contributed by atoms with E-state index in [0.717, 1.165) is 0 Å². The highest BCUT2D eigenvalue weighted by Gasteiger charge is 2.31. The molecule has 0 aliphatic carbocycles. The van der Waals surface area contributed by atoms with Gasteiger partial charge in [0.05, 0.1) is 6.61 Å². The zero-order valence-corrected chi connectivity index (χ0v) is 8.39. The van der Waals surface area contributed by atoms with Crippen LogP contribution < -0.4 is 9.47 Å². The minimum absolute atomic E-state index is 0.228. The Balaban J connectivity index is 2.90. The number of ether oxygens (including phenoxy) is 2. The Kier molecular flexibility index (Phi) is 3.44. The highest BCUT2D eigenvalue weighted by atomic mass is 19.4. The van der Waals surface area contributed by atoms with E-state index in [1.807, 2.05) is 0 Å². The van der Waals surface area contributed by atoms with Crippen LogP contribution in [0.25, 0.3) is 0 Å². The molecule has 0 aliphatic heterocycles. The van der Waals surface area contributed by atoms with Crippen LogP contribution in [0.5, 0.6) is 11.5 Å². The lowest BCUT2D eigenvalue weighted by molar-refractivity contribution is -0.274. The Morgan fingerprint density at radius 3 is 2.47 bits per heavy atom. The molecule has 1 aromatic rings. The number of hydrogen-bond acceptors (Lipinski definition) is 2. The van der Waals surface area contributed by atoms with Gasteiger partial charge in [-0.1, -0.05) is 6.07 Å². The molecule has 2 nitrogen and oxygen atoms in total. The molecule has 0 saturated carbocycles. The van der Waals surface area contributed by atoms with Crippen LogP contribution in [0.4, 0.5) is 13.2 Å². The van der Waals surface area contributed by atoms with Gasteiger partial charge in [-0.3, -0.25) is 0 Å². The maximum absolute atomic E-state index is 12.0. The minimum Gasteiger partial charge on any atom is -0.494 e. The summed E-state index contributed by atoms with van der Waals surface area (Å²) in [6.45, 7) is 3.69. The third-order valence-electron chi connectivity index (χ3n) is 1.70. The molecule has 0 bridgehead atoms. The van der Waals surface area contributed by atoms with Crippen LogP contribution >= 0.6 is 0 Å². The van der Waals surface area contributed by atoms with Gasteiger partial charge in [0.1, 0.15) is 11.5 Å². The fourth-order valence-electron chi connectivity index (χ4n) is 1.07. The molecular weight excluding hydrogens is 209 g/mol. The van der Waals surface area contributed by atoms with Gasteiger partial charge in [0.2, 0.25) is 0 Å². The summed E-state index contributed by atoms with van der Waals surface area (Å²) in [4.78, 5) is 0. The van der Waals surface area contributed by atoms with Crippen LogP contribution in [0, 0.1) is 6.92 Å². The predicted molar refractivity (Wildman–Crippen MR) is 49.0 cm³/mol. The highest BCUT2D eigenvalue weighted by Crippen LogP contribution is 2.29. The summed E-state index contributed by atoms with van der Waals surface area (Å²) in [5.74, 6) is 0.135. The summed E-state index contributed by atoms with van der Waals surface area (Å²) in [6.07, 6.45) is -4.67. The standard InChI is InChI=1S/C10H11F3O2/c1-3-14-8-5-4-7(2)9(6-8)15-10(11,12)13/h4-6H,3H2,1-2H3. The predicted octanol–water partition coefficient (Wildman–Crippen LogP) is 3.29. The van der Waals surface area contributed by atoms with Crippen molar-refractivity contribution in [3.05, 3.63) is 23.8 Å². The molecule has 15 heavy (non-hydrogen) atoms. The largest absolute Gasteiger partial charge is 0.573 e. The van der Waals surface area contributed by atoms with E-state index in [-0.39, 0.29) is 5.75 Å². The van der Waals surface area contributed by atoms with E-state index in [0.29, 0.717) is 17.9 Å². The second-order valence-electron chi connectivity index (χ2n) is 2.91. The van der Waals surface area contributed by atoms with E-state index in [1.165, 1.54) is 19.1 Å². The molecule has 1 aromatic carbocycles. The van der Waals surface area contributed by atoms with Crippen molar-refractivity contribution in [2.24, 2.45) is 0 Å². The third kappa shape index (κ3) is 3.69. The molecule has 5 heteroatoms. The van der Waals surface area contributed by atoms with Crippen molar-refractivity contribution in [3.63, 3.8) is 0 Å². The molecule has 0 fully saturated rings. The van der Waals surface area contributed by atoms with Gasteiger partial charge in [-0.2, -0.15) is 0 Å². The van der Waals surface area contributed by atoms with Crippen LogP contribution in [0.1, 0.15) is 12.5 Å². The summed E-state index contributed by atoms with van der Waals surface area (Å²) in [5.41, 5.74) is 0.413. The van der Waals surface area contributed by atoms with Gasteiger partial charge in [0.25, 0.3) is 0 Å². The summed E-state index contributed by atoms with van der Waals surface area (Å²) in [6, 6.07) is 4.35. The first-order valence-corrected chi connectivity index (χ1v) is 4.41. The van der Waals surface area contributed by atoms with Gasteiger partial charge < -0.3 is 9.47 Å². The molecule has 0 heterocycles. The summed E-state index contributed by atoms with van der Waals surface area (Å²) in [7, 11) is 0. The van der Waals surface area contributed by atoms with E-state index in [9.17, 15) is 13.2 Å². The molecule has 0 spiro atoms. The molecule has 0 atom stereocenters. The second-order valence-corrected chi connectivity index (χ2v) is 2.91. The van der Waals surface area contributed by atoms with Crippen LogP contribution in [0.3, 0.4) is 0 Å². The molecule has 0 unspecified atom stereocenters. The SMILES string of the molecule is CCOc1ccc(C)c(OC(F)(F)F)c1. The van der Waals surface area contributed by atoms with E-state index in [4.69, 9.17) is 4.74 Å². The molecule has 0 aromatic heterocycles. The third-order valence-corrected chi connectivity index (χ3v) is 1.70. The lowest BCUT2D eigenvalue weighted by Crippen LogP contribution is -2.17. The minimum atomic E-state index is -4.67. The first-order valence-electron chi connectivity index (χ1n) is 4.41. The van der Waals surface area contributed by atoms with E-state index in [2.05, 4.69) is 4.74 Å². The number of alkyl halides is 3. The van der Waals surface area contributed by atoms with Crippen LogP contribution in [-0.2, 0) is 0 Å². The van der Waals surface area contributed by atoms with Gasteiger partial charge in [-0.15, -0.1) is 13.2 Å². The van der Waals surface area contributed by atoms with Gasteiger partial charge >= 0.3 is 6.36 Å². The molecule has 0 N–H and O–H groups in total. The molecule has 0 amide bonds. The zero-order valence-electron chi connectivity index (χ0n) is 8.39. The Labute approximate surface area is 85.6 Å². The Hall–Kier alpha value is -1.39. The summed E-state index contributed by atoms with van der Waals surface area (Å²) < 4.78 is 44.8. The van der Waals surface area contributed by atoms with Crippen molar-refractivity contribution in [1.82, 2.24) is 0 Å². The lowest BCUT2D eigenvalue weighted by Gasteiger charge is -2.12. The smallest absolute Gasteiger partial charge is 0.494 e. The van der Waals surface area contributed by atoms with Gasteiger partial charge in [0.15, 0.2) is 0 Å². The highest BCUT2D eigenvalue weighted by molar-refractivity contribution is 5.39. The molecule has 0 saturated heterocycles. The van der Waals surface area contributed by atoms with Crippen molar-refractivity contribution in [2.45, 2.75) is 20.2 Å². The van der Waals surface area contributed by atoms with Crippen molar-refractivity contribution in [2.75, 3.05) is 6.61 Å².